The largest absolute Gasteiger partial charge is 0.380 e. The van der Waals surface area contributed by atoms with Crippen LogP contribution in [0.15, 0.2) is 0 Å². The van der Waals surface area contributed by atoms with Gasteiger partial charge in [0.1, 0.15) is 0 Å². The second kappa shape index (κ2) is 7.67. The minimum atomic E-state index is -0.183. The van der Waals surface area contributed by atoms with Crippen LogP contribution in [0.1, 0.15) is 41.5 Å². The number of rotatable bonds is 7. The first-order valence-electron chi connectivity index (χ1n) is 6.35. The van der Waals surface area contributed by atoms with E-state index >= 15 is 0 Å². The van der Waals surface area contributed by atoms with Crippen molar-refractivity contribution in [1.82, 2.24) is 10.6 Å². The molecule has 0 bridgehead atoms. The van der Waals surface area contributed by atoms with Crippen LogP contribution < -0.4 is 10.6 Å². The normalized spacial score (nSPS) is 13.8. The summed E-state index contributed by atoms with van der Waals surface area (Å²) in [5.41, 5.74) is -0.179. The minimum absolute atomic E-state index is 0.0290. The van der Waals surface area contributed by atoms with Gasteiger partial charge in [-0.1, -0.05) is 13.8 Å². The van der Waals surface area contributed by atoms with Crippen LogP contribution in [0.2, 0.25) is 0 Å². The number of carbonyl (C=O) groups is 1. The minimum Gasteiger partial charge on any atom is -0.380 e. The molecule has 0 heterocycles. The Labute approximate surface area is 105 Å². The summed E-state index contributed by atoms with van der Waals surface area (Å²) in [6.07, 6.45) is 0. The van der Waals surface area contributed by atoms with Crippen molar-refractivity contribution in [3.63, 3.8) is 0 Å². The molecule has 0 saturated carbocycles. The topological polar surface area (TPSA) is 50.4 Å². The molecule has 0 fully saturated rings. The molecule has 17 heavy (non-hydrogen) atoms. The van der Waals surface area contributed by atoms with Crippen molar-refractivity contribution in [2.75, 3.05) is 19.8 Å². The second-order valence-corrected chi connectivity index (χ2v) is 5.88. The van der Waals surface area contributed by atoms with Gasteiger partial charge in [0.05, 0.1) is 12.6 Å². The second-order valence-electron chi connectivity index (χ2n) is 5.88. The van der Waals surface area contributed by atoms with Gasteiger partial charge in [0, 0.05) is 18.7 Å². The van der Waals surface area contributed by atoms with Gasteiger partial charge in [0.25, 0.3) is 0 Å². The maximum absolute atomic E-state index is 11.7. The molecule has 102 valence electrons. The lowest BCUT2D eigenvalue weighted by Gasteiger charge is -2.23. The Hall–Kier alpha value is -0.610. The van der Waals surface area contributed by atoms with Crippen LogP contribution >= 0.6 is 0 Å². The van der Waals surface area contributed by atoms with E-state index in [9.17, 15) is 4.79 Å². The van der Waals surface area contributed by atoms with E-state index in [2.05, 4.69) is 24.5 Å². The molecule has 0 aromatic rings. The lowest BCUT2D eigenvalue weighted by atomic mass is 10.1. The highest BCUT2D eigenvalue weighted by atomic mass is 16.5. The summed E-state index contributed by atoms with van der Waals surface area (Å²) in [4.78, 5) is 11.7. The highest BCUT2D eigenvalue weighted by molar-refractivity contribution is 5.81. The highest BCUT2D eigenvalue weighted by Gasteiger charge is 2.18. The molecular weight excluding hydrogens is 216 g/mol. The summed E-state index contributed by atoms with van der Waals surface area (Å²) in [6, 6.07) is -0.183. The van der Waals surface area contributed by atoms with Gasteiger partial charge in [-0.05, 0) is 33.6 Å². The van der Waals surface area contributed by atoms with Crippen LogP contribution in [-0.4, -0.2) is 37.2 Å². The van der Waals surface area contributed by atoms with Crippen molar-refractivity contribution in [2.45, 2.75) is 53.1 Å². The molecule has 0 aliphatic carbocycles. The van der Waals surface area contributed by atoms with Crippen molar-refractivity contribution in [3.8, 4) is 0 Å². The Morgan fingerprint density at radius 1 is 1.24 bits per heavy atom. The number of hydrogen-bond acceptors (Lipinski definition) is 3. The summed E-state index contributed by atoms with van der Waals surface area (Å²) in [6.45, 7) is 14.1. The van der Waals surface area contributed by atoms with E-state index in [0.29, 0.717) is 19.1 Å². The summed E-state index contributed by atoms with van der Waals surface area (Å²) >= 11 is 0. The van der Waals surface area contributed by atoms with E-state index in [1.165, 1.54) is 0 Å². The summed E-state index contributed by atoms with van der Waals surface area (Å²) in [5, 5.41) is 6.08. The van der Waals surface area contributed by atoms with Crippen molar-refractivity contribution < 1.29 is 9.53 Å². The first-order chi connectivity index (χ1) is 7.72. The molecule has 0 radical (unpaired) electrons. The van der Waals surface area contributed by atoms with Gasteiger partial charge in [0.2, 0.25) is 5.91 Å². The molecule has 0 spiro atoms. The Kier molecular flexibility index (Phi) is 7.39. The van der Waals surface area contributed by atoms with Crippen molar-refractivity contribution in [3.05, 3.63) is 0 Å². The average Bonchev–Trinajstić information content (AvgIpc) is 2.13. The zero-order chi connectivity index (χ0) is 13.5. The molecule has 1 unspecified atom stereocenters. The predicted molar refractivity (Wildman–Crippen MR) is 71.0 cm³/mol. The van der Waals surface area contributed by atoms with Gasteiger partial charge < -0.3 is 15.4 Å². The standard InChI is InChI=1S/C13H28N2O2/c1-10(2)9-17-8-7-14-11(3)12(16)15-13(4,5)6/h10-11,14H,7-9H2,1-6H3,(H,15,16). The highest BCUT2D eigenvalue weighted by Crippen LogP contribution is 1.99. The Bertz CT molecular complexity index is 222. The van der Waals surface area contributed by atoms with Crippen molar-refractivity contribution in [2.24, 2.45) is 5.92 Å². The zero-order valence-corrected chi connectivity index (χ0v) is 12.1. The number of hydrogen-bond donors (Lipinski definition) is 2. The van der Waals surface area contributed by atoms with Crippen LogP contribution in [0.5, 0.6) is 0 Å². The molecule has 1 atom stereocenters. The molecule has 0 aliphatic heterocycles. The Morgan fingerprint density at radius 3 is 2.29 bits per heavy atom. The van der Waals surface area contributed by atoms with Crippen LogP contribution in [0, 0.1) is 5.92 Å². The van der Waals surface area contributed by atoms with Gasteiger partial charge >= 0.3 is 0 Å². The van der Waals surface area contributed by atoms with Crippen molar-refractivity contribution >= 4 is 5.91 Å². The molecule has 1 amide bonds. The van der Waals surface area contributed by atoms with Gasteiger partial charge in [-0.3, -0.25) is 4.79 Å². The third kappa shape index (κ3) is 10.3. The molecule has 2 N–H and O–H groups in total. The lowest BCUT2D eigenvalue weighted by molar-refractivity contribution is -0.124. The molecule has 0 aromatic heterocycles. The first-order valence-corrected chi connectivity index (χ1v) is 6.35. The fourth-order valence-electron chi connectivity index (χ4n) is 1.24. The van der Waals surface area contributed by atoms with Gasteiger partial charge in [-0.15, -0.1) is 0 Å². The van der Waals surface area contributed by atoms with Crippen LogP contribution in [-0.2, 0) is 9.53 Å². The van der Waals surface area contributed by atoms with Gasteiger partial charge in [0.15, 0.2) is 0 Å². The van der Waals surface area contributed by atoms with E-state index < -0.39 is 0 Å². The molecule has 4 nitrogen and oxygen atoms in total. The summed E-state index contributed by atoms with van der Waals surface area (Å²) < 4.78 is 5.43. The first kappa shape index (κ1) is 16.4. The van der Waals surface area contributed by atoms with Crippen molar-refractivity contribution in [1.29, 1.82) is 0 Å². The number of ether oxygens (including phenoxy) is 1. The molecule has 0 rings (SSSR count). The maximum atomic E-state index is 11.7. The van der Waals surface area contributed by atoms with Crippen LogP contribution in [0.4, 0.5) is 0 Å². The number of amides is 1. The fourth-order valence-corrected chi connectivity index (χ4v) is 1.24. The van der Waals surface area contributed by atoms with Crippen LogP contribution in [0.25, 0.3) is 0 Å². The molecule has 0 aliphatic rings. The molecule has 0 saturated heterocycles. The summed E-state index contributed by atoms with van der Waals surface area (Å²) in [5.74, 6) is 0.581. The maximum Gasteiger partial charge on any atom is 0.237 e. The molecule has 0 aromatic carbocycles. The fraction of sp³-hybridized carbons (Fsp3) is 0.923. The lowest BCUT2D eigenvalue weighted by Crippen LogP contribution is -2.50. The Balaban J connectivity index is 3.65. The van der Waals surface area contributed by atoms with E-state index in [1.807, 2.05) is 27.7 Å². The average molecular weight is 244 g/mol. The van der Waals surface area contributed by atoms with Gasteiger partial charge in [-0.25, -0.2) is 0 Å². The van der Waals surface area contributed by atoms with Crippen LogP contribution in [0.3, 0.4) is 0 Å². The summed E-state index contributed by atoms with van der Waals surface area (Å²) in [7, 11) is 0. The zero-order valence-electron chi connectivity index (χ0n) is 12.1. The SMILES string of the molecule is CC(C)COCCNC(C)C(=O)NC(C)(C)C. The molecular formula is C13H28N2O2. The third-order valence-corrected chi connectivity index (χ3v) is 2.04. The number of nitrogens with one attached hydrogen (secondary N) is 2. The predicted octanol–water partition coefficient (Wildman–Crippen LogP) is 1.55. The van der Waals surface area contributed by atoms with Gasteiger partial charge in [-0.2, -0.15) is 0 Å². The van der Waals surface area contributed by atoms with E-state index in [0.717, 1.165) is 6.61 Å². The van der Waals surface area contributed by atoms with E-state index in [1.54, 1.807) is 0 Å². The Morgan fingerprint density at radius 2 is 1.82 bits per heavy atom. The van der Waals surface area contributed by atoms with E-state index in [4.69, 9.17) is 4.74 Å². The number of carbonyl (C=O) groups excluding carboxylic acids is 1. The van der Waals surface area contributed by atoms with E-state index in [-0.39, 0.29) is 17.5 Å². The molecule has 4 heteroatoms. The quantitative estimate of drug-likeness (QED) is 0.668. The monoisotopic (exact) mass is 244 g/mol. The third-order valence-electron chi connectivity index (χ3n) is 2.04. The smallest absolute Gasteiger partial charge is 0.237 e.